The molecule has 0 radical (unpaired) electrons. The highest BCUT2D eigenvalue weighted by Crippen LogP contribution is 2.16. The molecular weight excluding hydrogens is 278 g/mol. The molecule has 3 rings (SSSR count). The van der Waals surface area contributed by atoms with E-state index in [2.05, 4.69) is 31.2 Å². The van der Waals surface area contributed by atoms with E-state index >= 15 is 0 Å². The zero-order valence-corrected chi connectivity index (χ0v) is 13.0. The van der Waals surface area contributed by atoms with Crippen molar-refractivity contribution in [1.82, 2.24) is 15.0 Å². The fourth-order valence-electron chi connectivity index (χ4n) is 2.43. The first-order valence-corrected chi connectivity index (χ1v) is 7.54. The van der Waals surface area contributed by atoms with E-state index in [1.807, 2.05) is 26.1 Å². The van der Waals surface area contributed by atoms with E-state index < -0.39 is 0 Å². The van der Waals surface area contributed by atoms with E-state index in [0.717, 1.165) is 49.3 Å². The van der Waals surface area contributed by atoms with Gasteiger partial charge in [-0.1, -0.05) is 0 Å². The van der Waals surface area contributed by atoms with Crippen LogP contribution in [0.2, 0.25) is 0 Å². The number of anilines is 2. The molecule has 1 fully saturated rings. The molecule has 0 aromatic carbocycles. The zero-order chi connectivity index (χ0) is 15.4. The van der Waals surface area contributed by atoms with Crippen LogP contribution in [0, 0.1) is 13.8 Å². The molecule has 0 atom stereocenters. The lowest BCUT2D eigenvalue weighted by molar-refractivity contribution is 0.122. The smallest absolute Gasteiger partial charge is 0.148 e. The first-order chi connectivity index (χ1) is 10.7. The summed E-state index contributed by atoms with van der Waals surface area (Å²) in [5.41, 5.74) is 3.00. The van der Waals surface area contributed by atoms with E-state index in [9.17, 15) is 0 Å². The van der Waals surface area contributed by atoms with Crippen LogP contribution in [0.1, 0.15) is 17.0 Å². The molecule has 2 aromatic rings. The van der Waals surface area contributed by atoms with Crippen LogP contribution in [0.3, 0.4) is 0 Å². The highest BCUT2D eigenvalue weighted by molar-refractivity contribution is 5.44. The van der Waals surface area contributed by atoms with Crippen molar-refractivity contribution < 1.29 is 4.74 Å². The molecular formula is C16H21N5O. The summed E-state index contributed by atoms with van der Waals surface area (Å²) in [7, 11) is 0. The monoisotopic (exact) mass is 299 g/mol. The second-order valence-corrected chi connectivity index (χ2v) is 5.42. The van der Waals surface area contributed by atoms with Crippen molar-refractivity contribution >= 4 is 11.6 Å². The molecule has 1 aliphatic rings. The van der Waals surface area contributed by atoms with Crippen molar-refractivity contribution in [3.05, 3.63) is 41.5 Å². The van der Waals surface area contributed by atoms with Crippen LogP contribution >= 0.6 is 0 Å². The van der Waals surface area contributed by atoms with Crippen molar-refractivity contribution in [2.75, 3.05) is 36.5 Å². The number of morpholine rings is 1. The SMILES string of the molecule is Cc1cnc(C)c(NCc2ccnc(N3CCOCC3)c2)n1. The number of aromatic nitrogens is 3. The second kappa shape index (κ2) is 6.70. The second-order valence-electron chi connectivity index (χ2n) is 5.42. The maximum atomic E-state index is 5.38. The summed E-state index contributed by atoms with van der Waals surface area (Å²) in [5.74, 6) is 1.85. The highest BCUT2D eigenvalue weighted by Gasteiger charge is 2.12. The molecule has 0 saturated carbocycles. The lowest BCUT2D eigenvalue weighted by atomic mass is 10.2. The average Bonchev–Trinajstić information content (AvgIpc) is 2.57. The summed E-state index contributed by atoms with van der Waals surface area (Å²) in [5, 5.41) is 3.36. The van der Waals surface area contributed by atoms with Crippen molar-refractivity contribution in [2.45, 2.75) is 20.4 Å². The summed E-state index contributed by atoms with van der Waals surface area (Å²) in [4.78, 5) is 15.5. The third kappa shape index (κ3) is 3.51. The van der Waals surface area contributed by atoms with Gasteiger partial charge in [-0.3, -0.25) is 4.98 Å². The molecule has 1 saturated heterocycles. The molecule has 3 heterocycles. The summed E-state index contributed by atoms with van der Waals surface area (Å²) in [6, 6.07) is 4.15. The molecule has 6 heteroatoms. The standard InChI is InChI=1S/C16H21N5O/c1-12-10-18-13(2)16(20-12)19-11-14-3-4-17-15(9-14)21-5-7-22-8-6-21/h3-4,9-10H,5-8,11H2,1-2H3,(H,19,20). The molecule has 0 spiro atoms. The van der Waals surface area contributed by atoms with Gasteiger partial charge in [0, 0.05) is 32.0 Å². The molecule has 1 aliphatic heterocycles. The Morgan fingerprint density at radius 3 is 2.86 bits per heavy atom. The Kier molecular flexibility index (Phi) is 4.48. The van der Waals surface area contributed by atoms with E-state index in [1.54, 1.807) is 6.20 Å². The number of aryl methyl sites for hydroxylation is 2. The van der Waals surface area contributed by atoms with Crippen molar-refractivity contribution in [1.29, 1.82) is 0 Å². The van der Waals surface area contributed by atoms with Crippen LogP contribution in [-0.2, 0) is 11.3 Å². The number of pyridine rings is 1. The topological polar surface area (TPSA) is 63.2 Å². The van der Waals surface area contributed by atoms with Crippen LogP contribution in [0.25, 0.3) is 0 Å². The van der Waals surface area contributed by atoms with Gasteiger partial charge in [0.05, 0.1) is 24.6 Å². The van der Waals surface area contributed by atoms with Gasteiger partial charge >= 0.3 is 0 Å². The van der Waals surface area contributed by atoms with Gasteiger partial charge in [-0.2, -0.15) is 0 Å². The molecule has 0 unspecified atom stereocenters. The zero-order valence-electron chi connectivity index (χ0n) is 13.0. The summed E-state index contributed by atoms with van der Waals surface area (Å²) in [6.45, 7) is 7.93. The third-order valence-corrected chi connectivity index (χ3v) is 3.68. The maximum Gasteiger partial charge on any atom is 0.148 e. The van der Waals surface area contributed by atoms with Gasteiger partial charge in [0.25, 0.3) is 0 Å². The van der Waals surface area contributed by atoms with E-state index in [-0.39, 0.29) is 0 Å². The van der Waals surface area contributed by atoms with Crippen LogP contribution in [0.5, 0.6) is 0 Å². The number of ether oxygens (including phenoxy) is 1. The molecule has 0 amide bonds. The van der Waals surface area contributed by atoms with E-state index in [1.165, 1.54) is 5.56 Å². The van der Waals surface area contributed by atoms with Crippen LogP contribution in [-0.4, -0.2) is 41.3 Å². The Labute approximate surface area is 130 Å². The molecule has 2 aromatic heterocycles. The van der Waals surface area contributed by atoms with E-state index in [0.29, 0.717) is 6.54 Å². The predicted octanol–water partition coefficient (Wildman–Crippen LogP) is 1.94. The van der Waals surface area contributed by atoms with Gasteiger partial charge in [0.2, 0.25) is 0 Å². The van der Waals surface area contributed by atoms with Gasteiger partial charge in [0.1, 0.15) is 11.6 Å². The largest absolute Gasteiger partial charge is 0.378 e. The number of nitrogens with zero attached hydrogens (tertiary/aromatic N) is 4. The minimum absolute atomic E-state index is 0.707. The van der Waals surface area contributed by atoms with Gasteiger partial charge in [-0.05, 0) is 31.5 Å². The molecule has 0 bridgehead atoms. The summed E-state index contributed by atoms with van der Waals surface area (Å²) in [6.07, 6.45) is 3.64. The maximum absolute atomic E-state index is 5.38. The normalized spacial score (nSPS) is 14.9. The van der Waals surface area contributed by atoms with Gasteiger partial charge < -0.3 is 15.0 Å². The lowest BCUT2D eigenvalue weighted by Crippen LogP contribution is -2.36. The van der Waals surface area contributed by atoms with Crippen LogP contribution < -0.4 is 10.2 Å². The van der Waals surface area contributed by atoms with Gasteiger partial charge in [0.15, 0.2) is 0 Å². The predicted molar refractivity (Wildman–Crippen MR) is 86.1 cm³/mol. The fourth-order valence-corrected chi connectivity index (χ4v) is 2.43. The van der Waals surface area contributed by atoms with Crippen LogP contribution in [0.4, 0.5) is 11.6 Å². The molecule has 22 heavy (non-hydrogen) atoms. The number of nitrogens with one attached hydrogen (secondary N) is 1. The number of hydrogen-bond acceptors (Lipinski definition) is 6. The Hall–Kier alpha value is -2.21. The lowest BCUT2D eigenvalue weighted by Gasteiger charge is -2.28. The van der Waals surface area contributed by atoms with Crippen molar-refractivity contribution in [2.24, 2.45) is 0 Å². The summed E-state index contributed by atoms with van der Waals surface area (Å²) >= 11 is 0. The fraction of sp³-hybridized carbons (Fsp3) is 0.438. The molecule has 116 valence electrons. The minimum atomic E-state index is 0.707. The minimum Gasteiger partial charge on any atom is -0.378 e. The average molecular weight is 299 g/mol. The van der Waals surface area contributed by atoms with E-state index in [4.69, 9.17) is 4.74 Å². The number of rotatable bonds is 4. The number of hydrogen-bond donors (Lipinski definition) is 1. The molecule has 0 aliphatic carbocycles. The Morgan fingerprint density at radius 1 is 1.23 bits per heavy atom. The summed E-state index contributed by atoms with van der Waals surface area (Å²) < 4.78 is 5.38. The Morgan fingerprint density at radius 2 is 2.05 bits per heavy atom. The first-order valence-electron chi connectivity index (χ1n) is 7.54. The highest BCUT2D eigenvalue weighted by atomic mass is 16.5. The van der Waals surface area contributed by atoms with Crippen LogP contribution in [0.15, 0.2) is 24.5 Å². The molecule has 1 N–H and O–H groups in total. The Balaban J connectivity index is 1.68. The third-order valence-electron chi connectivity index (χ3n) is 3.68. The quantitative estimate of drug-likeness (QED) is 0.931. The van der Waals surface area contributed by atoms with Crippen molar-refractivity contribution in [3.63, 3.8) is 0 Å². The first kappa shape index (κ1) is 14.7. The van der Waals surface area contributed by atoms with Gasteiger partial charge in [-0.25, -0.2) is 9.97 Å². The van der Waals surface area contributed by atoms with Gasteiger partial charge in [-0.15, -0.1) is 0 Å². The Bertz CT molecular complexity index is 640. The van der Waals surface area contributed by atoms with Crippen molar-refractivity contribution in [3.8, 4) is 0 Å². The molecule has 6 nitrogen and oxygen atoms in total.